The summed E-state index contributed by atoms with van der Waals surface area (Å²) in [7, 11) is 1.45. The lowest BCUT2D eigenvalue weighted by Crippen LogP contribution is -2.64. The van der Waals surface area contributed by atoms with E-state index >= 15 is 0 Å². The molecule has 1 N–H and O–H groups in total. The molecule has 2 aromatic rings. The highest BCUT2D eigenvalue weighted by Crippen LogP contribution is 2.49. The van der Waals surface area contributed by atoms with Crippen LogP contribution in [0.2, 0.25) is 0 Å². The monoisotopic (exact) mass is 459 g/mol. The number of alkyl halides is 3. The van der Waals surface area contributed by atoms with E-state index in [2.05, 4.69) is 26.1 Å². The maximum absolute atomic E-state index is 12.5. The van der Waals surface area contributed by atoms with Crippen LogP contribution in [0.15, 0.2) is 42.5 Å². The molecule has 2 aromatic carbocycles. The van der Waals surface area contributed by atoms with Crippen molar-refractivity contribution in [3.8, 4) is 23.0 Å². The van der Waals surface area contributed by atoms with Crippen LogP contribution < -0.4 is 24.3 Å². The van der Waals surface area contributed by atoms with Gasteiger partial charge in [-0.1, -0.05) is 73.8 Å². The van der Waals surface area contributed by atoms with Crippen LogP contribution >= 0.6 is 34.8 Å². The molecule has 0 saturated heterocycles. The van der Waals surface area contributed by atoms with Gasteiger partial charge in [-0.3, -0.25) is 0 Å². The van der Waals surface area contributed by atoms with E-state index in [9.17, 15) is 4.79 Å². The number of benzene rings is 2. The molecule has 156 valence electrons. The van der Waals surface area contributed by atoms with Gasteiger partial charge in [0.05, 0.1) is 7.11 Å². The summed E-state index contributed by atoms with van der Waals surface area (Å²) >= 11 is 18.3. The SMILES string of the molecule is COc1ccccc1OC(=O)N[C@]1(C(Cl)(Cl)Cl)Oc2ccc(C(C)(C)C)cc2O1. The number of methoxy groups -OCH3 is 1. The highest BCUT2D eigenvalue weighted by atomic mass is 35.6. The Hall–Kier alpha value is -2.02. The highest BCUT2D eigenvalue weighted by molar-refractivity contribution is 6.68. The standard InChI is InChI=1S/C20H20Cl3NO5/c1-18(2,3)12-9-10-15-16(11-12)29-20(28-15,19(21,22)23)24-17(25)27-14-8-6-5-7-13(14)26-4/h5-11H,1-4H3,(H,24,25)/t20-/m1/s1. The van der Waals surface area contributed by atoms with E-state index in [1.165, 1.54) is 7.11 Å². The van der Waals surface area contributed by atoms with Crippen LogP contribution in [0.5, 0.6) is 23.0 Å². The molecule has 1 atom stereocenters. The van der Waals surface area contributed by atoms with E-state index < -0.39 is 15.8 Å². The number of hydrogen-bond donors (Lipinski definition) is 1. The third-order valence-electron chi connectivity index (χ3n) is 4.23. The van der Waals surface area contributed by atoms with Gasteiger partial charge in [0.25, 0.3) is 3.79 Å². The second-order valence-electron chi connectivity index (χ2n) is 7.40. The Balaban J connectivity index is 1.86. The number of carbonyl (C=O) groups is 1. The number of carbonyl (C=O) groups excluding carboxylic acids is 1. The van der Waals surface area contributed by atoms with Crippen LogP contribution in [0, 0.1) is 0 Å². The minimum atomic E-state index is -2.17. The van der Waals surface area contributed by atoms with Crippen molar-refractivity contribution in [1.82, 2.24) is 5.32 Å². The van der Waals surface area contributed by atoms with Gasteiger partial charge in [-0.15, -0.1) is 0 Å². The second kappa shape index (κ2) is 7.67. The molecule has 0 aliphatic carbocycles. The Labute approximate surface area is 183 Å². The van der Waals surface area contributed by atoms with Crippen LogP contribution in [-0.2, 0) is 5.41 Å². The van der Waals surface area contributed by atoms with Crippen LogP contribution in [0.3, 0.4) is 0 Å². The number of rotatable bonds is 3. The third kappa shape index (κ3) is 4.44. The zero-order valence-electron chi connectivity index (χ0n) is 16.2. The predicted octanol–water partition coefficient (Wildman–Crippen LogP) is 5.58. The summed E-state index contributed by atoms with van der Waals surface area (Å²) in [6.45, 7) is 6.15. The number of para-hydroxylation sites is 2. The maximum atomic E-state index is 12.5. The third-order valence-corrected chi connectivity index (χ3v) is 4.98. The molecular formula is C20H20Cl3NO5. The molecule has 1 amide bonds. The summed E-state index contributed by atoms with van der Waals surface area (Å²) in [6.07, 6.45) is -0.954. The van der Waals surface area contributed by atoms with Crippen molar-refractivity contribution in [3.63, 3.8) is 0 Å². The van der Waals surface area contributed by atoms with Gasteiger partial charge < -0.3 is 18.9 Å². The molecule has 1 heterocycles. The predicted molar refractivity (Wildman–Crippen MR) is 112 cm³/mol. The average Bonchev–Trinajstić information content (AvgIpc) is 2.99. The molecule has 0 fully saturated rings. The fourth-order valence-electron chi connectivity index (χ4n) is 2.67. The lowest BCUT2D eigenvalue weighted by molar-refractivity contribution is -0.0965. The van der Waals surface area contributed by atoms with E-state index in [1.807, 2.05) is 6.07 Å². The maximum Gasteiger partial charge on any atom is 0.418 e. The van der Waals surface area contributed by atoms with Crippen molar-refractivity contribution in [3.05, 3.63) is 48.0 Å². The quantitative estimate of drug-likeness (QED) is 0.606. The molecule has 0 radical (unpaired) electrons. The largest absolute Gasteiger partial charge is 0.493 e. The first-order chi connectivity index (χ1) is 13.4. The van der Waals surface area contributed by atoms with Crippen molar-refractivity contribution in [1.29, 1.82) is 0 Å². The van der Waals surface area contributed by atoms with E-state index in [0.29, 0.717) is 17.2 Å². The number of fused-ring (bicyclic) bond motifs is 1. The minimum Gasteiger partial charge on any atom is -0.493 e. The van der Waals surface area contributed by atoms with Gasteiger partial charge in [-0.05, 0) is 35.2 Å². The van der Waals surface area contributed by atoms with Crippen LogP contribution in [0.25, 0.3) is 0 Å². The van der Waals surface area contributed by atoms with E-state index in [-0.39, 0.29) is 11.2 Å². The Morgan fingerprint density at radius 3 is 2.21 bits per heavy atom. The number of amides is 1. The van der Waals surface area contributed by atoms with Gasteiger partial charge >= 0.3 is 12.0 Å². The van der Waals surface area contributed by atoms with Crippen molar-refractivity contribution in [2.45, 2.75) is 35.9 Å². The normalized spacial score (nSPS) is 18.3. The molecule has 0 saturated carbocycles. The number of halogens is 3. The lowest BCUT2D eigenvalue weighted by atomic mass is 9.87. The lowest BCUT2D eigenvalue weighted by Gasteiger charge is -2.33. The molecule has 29 heavy (non-hydrogen) atoms. The van der Waals surface area contributed by atoms with Crippen molar-refractivity contribution >= 4 is 40.9 Å². The van der Waals surface area contributed by atoms with Crippen LogP contribution in [0.4, 0.5) is 4.79 Å². The molecule has 1 aliphatic heterocycles. The summed E-state index contributed by atoms with van der Waals surface area (Å²) in [4.78, 5) is 12.5. The molecule has 0 bridgehead atoms. The van der Waals surface area contributed by atoms with Gasteiger partial charge in [0.1, 0.15) is 0 Å². The van der Waals surface area contributed by atoms with E-state index in [0.717, 1.165) is 5.56 Å². The van der Waals surface area contributed by atoms with Crippen molar-refractivity contribution in [2.24, 2.45) is 0 Å². The number of hydrogen-bond acceptors (Lipinski definition) is 5. The summed E-state index contributed by atoms with van der Waals surface area (Å²) in [5.41, 5.74) is 0.844. The molecule has 1 aliphatic rings. The van der Waals surface area contributed by atoms with Gasteiger partial charge in [0, 0.05) is 0 Å². The number of nitrogens with one attached hydrogen (secondary N) is 1. The van der Waals surface area contributed by atoms with Gasteiger partial charge in [0.2, 0.25) is 0 Å². The number of ether oxygens (including phenoxy) is 4. The van der Waals surface area contributed by atoms with Crippen LogP contribution in [-0.4, -0.2) is 22.9 Å². The van der Waals surface area contributed by atoms with Gasteiger partial charge in [-0.25, -0.2) is 10.1 Å². The topological polar surface area (TPSA) is 66.0 Å². The van der Waals surface area contributed by atoms with Gasteiger partial charge in [0.15, 0.2) is 23.0 Å². The second-order valence-corrected chi connectivity index (χ2v) is 9.68. The molecule has 0 spiro atoms. The first kappa shape index (κ1) is 21.7. The fourth-order valence-corrected chi connectivity index (χ4v) is 3.04. The molecule has 0 aromatic heterocycles. The Morgan fingerprint density at radius 1 is 1.00 bits per heavy atom. The first-order valence-electron chi connectivity index (χ1n) is 8.67. The fraction of sp³-hybridized carbons (Fsp3) is 0.350. The molecule has 6 nitrogen and oxygen atoms in total. The molecule has 9 heteroatoms. The minimum absolute atomic E-state index is 0.139. The Morgan fingerprint density at radius 2 is 1.62 bits per heavy atom. The van der Waals surface area contributed by atoms with Crippen molar-refractivity contribution in [2.75, 3.05) is 7.11 Å². The zero-order chi connectivity index (χ0) is 21.4. The average molecular weight is 461 g/mol. The zero-order valence-corrected chi connectivity index (χ0v) is 18.5. The summed E-state index contributed by atoms with van der Waals surface area (Å²) in [5.74, 6) is -0.923. The van der Waals surface area contributed by atoms with E-state index in [4.69, 9.17) is 53.8 Å². The summed E-state index contributed by atoms with van der Waals surface area (Å²) < 4.78 is 19.8. The highest BCUT2D eigenvalue weighted by Gasteiger charge is 2.60. The first-order valence-corrected chi connectivity index (χ1v) is 9.81. The Kier molecular flexibility index (Phi) is 5.73. The van der Waals surface area contributed by atoms with Crippen LogP contribution in [0.1, 0.15) is 26.3 Å². The molecular weight excluding hydrogens is 441 g/mol. The van der Waals surface area contributed by atoms with Crippen molar-refractivity contribution < 1.29 is 23.7 Å². The van der Waals surface area contributed by atoms with Gasteiger partial charge in [-0.2, -0.15) is 0 Å². The summed E-state index contributed by atoms with van der Waals surface area (Å²) in [5, 5.41) is 2.38. The molecule has 3 rings (SSSR count). The summed E-state index contributed by atoms with van der Waals surface area (Å²) in [6, 6.07) is 12.0. The Bertz CT molecular complexity index is 923. The van der Waals surface area contributed by atoms with E-state index in [1.54, 1.807) is 36.4 Å². The smallest absolute Gasteiger partial charge is 0.418 e. The molecule has 0 unspecified atom stereocenters.